The van der Waals surface area contributed by atoms with E-state index < -0.39 is 5.79 Å². The fourth-order valence-electron chi connectivity index (χ4n) is 9.12. The Hall–Kier alpha value is -3.50. The first kappa shape index (κ1) is 28.0. The maximum atomic E-state index is 2.76. The van der Waals surface area contributed by atoms with Crippen LogP contribution in [0.2, 0.25) is 0 Å². The van der Waals surface area contributed by atoms with Crippen molar-refractivity contribution in [3.63, 3.8) is 0 Å². The van der Waals surface area contributed by atoms with Crippen LogP contribution in [0.3, 0.4) is 0 Å². The van der Waals surface area contributed by atoms with Gasteiger partial charge in [-0.25, -0.2) is 0 Å². The molecule has 4 heteroatoms. The first-order valence-corrected chi connectivity index (χ1v) is 17.4. The van der Waals surface area contributed by atoms with E-state index in [1.165, 1.54) is 70.8 Å². The number of hydrogen-bond acceptors (Lipinski definition) is 2. The zero-order chi connectivity index (χ0) is 31.0. The minimum absolute atomic E-state index is 0.0675. The lowest BCUT2D eigenvalue weighted by Crippen LogP contribution is -2.83. The van der Waals surface area contributed by atoms with Crippen LogP contribution in [0.4, 0.5) is 0 Å². The second-order valence-electron chi connectivity index (χ2n) is 14.9. The summed E-state index contributed by atoms with van der Waals surface area (Å²) in [5, 5.41) is 2.78. The van der Waals surface area contributed by atoms with Crippen LogP contribution in [0.1, 0.15) is 97.4 Å². The topological polar surface area (TPSA) is 10.1 Å². The SMILES string of the molecule is CC(C)C1=[N+](C(C)C)C2(c3ccc4c(c3-c3cc(C(C)C)c5ccccc5[n+]32)-c2sc3ccccc3c2C4(C)C)N1C(C)C. The van der Waals surface area contributed by atoms with Crippen molar-refractivity contribution in [1.82, 2.24) is 4.90 Å². The van der Waals surface area contributed by atoms with Gasteiger partial charge in [-0.05, 0) is 73.9 Å². The monoisotopic (exact) mass is 599 g/mol. The van der Waals surface area contributed by atoms with Crippen molar-refractivity contribution in [3.8, 4) is 21.7 Å². The molecule has 0 fully saturated rings. The van der Waals surface area contributed by atoms with Gasteiger partial charge in [0.05, 0.1) is 16.9 Å². The van der Waals surface area contributed by atoms with Crippen LogP contribution in [-0.4, -0.2) is 27.4 Å². The highest BCUT2D eigenvalue weighted by Gasteiger charge is 2.77. The normalized spacial score (nSPS) is 19.6. The molecule has 1 spiro atoms. The van der Waals surface area contributed by atoms with Crippen LogP contribution in [0.25, 0.3) is 42.7 Å². The lowest BCUT2D eigenvalue weighted by Gasteiger charge is -2.46. The van der Waals surface area contributed by atoms with Gasteiger partial charge < -0.3 is 0 Å². The Labute approximate surface area is 266 Å². The number of thiophene rings is 1. The Balaban J connectivity index is 1.61. The predicted octanol–water partition coefficient (Wildman–Crippen LogP) is 9.61. The number of amidine groups is 1. The highest BCUT2D eigenvalue weighted by molar-refractivity contribution is 7.22. The zero-order valence-electron chi connectivity index (χ0n) is 27.9. The molecule has 44 heavy (non-hydrogen) atoms. The van der Waals surface area contributed by atoms with Crippen molar-refractivity contribution >= 4 is 38.2 Å². The minimum Gasteiger partial charge on any atom is -0.156 e. The van der Waals surface area contributed by atoms with Crippen molar-refractivity contribution in [2.24, 2.45) is 5.92 Å². The van der Waals surface area contributed by atoms with Gasteiger partial charge in [0, 0.05) is 32.7 Å². The number of rotatable bonds is 4. The molecule has 0 saturated heterocycles. The van der Waals surface area contributed by atoms with Crippen molar-refractivity contribution in [3.05, 3.63) is 89.0 Å². The summed E-state index contributed by atoms with van der Waals surface area (Å²) in [6, 6.07) is 26.4. The summed E-state index contributed by atoms with van der Waals surface area (Å²) in [5.41, 5.74) is 11.3. The second-order valence-corrected chi connectivity index (χ2v) is 16.0. The van der Waals surface area contributed by atoms with Crippen molar-refractivity contribution in [2.75, 3.05) is 0 Å². The van der Waals surface area contributed by atoms with Gasteiger partial charge in [-0.1, -0.05) is 77.9 Å². The van der Waals surface area contributed by atoms with Crippen LogP contribution < -0.4 is 4.57 Å². The van der Waals surface area contributed by atoms with Crippen LogP contribution in [0, 0.1) is 5.92 Å². The fourth-order valence-corrected chi connectivity index (χ4v) is 10.5. The van der Waals surface area contributed by atoms with E-state index in [9.17, 15) is 0 Å². The predicted molar refractivity (Wildman–Crippen MR) is 186 cm³/mol. The summed E-state index contributed by atoms with van der Waals surface area (Å²) in [6.45, 7) is 23.8. The first-order valence-electron chi connectivity index (χ1n) is 16.6. The summed E-state index contributed by atoms with van der Waals surface area (Å²) >= 11 is 1.99. The van der Waals surface area contributed by atoms with Crippen molar-refractivity contribution in [1.29, 1.82) is 0 Å². The Morgan fingerprint density at radius 2 is 1.39 bits per heavy atom. The highest BCUT2D eigenvalue weighted by atomic mass is 32.1. The lowest BCUT2D eigenvalue weighted by atomic mass is 9.80. The molecule has 4 heterocycles. The smallest absolute Gasteiger partial charge is 0.156 e. The third kappa shape index (κ3) is 3.13. The van der Waals surface area contributed by atoms with Gasteiger partial charge in [-0.2, -0.15) is 9.48 Å². The van der Waals surface area contributed by atoms with E-state index in [-0.39, 0.29) is 5.41 Å². The first-order chi connectivity index (χ1) is 20.9. The molecule has 3 aliphatic rings. The van der Waals surface area contributed by atoms with E-state index in [1.54, 1.807) is 0 Å². The van der Waals surface area contributed by atoms with Crippen LogP contribution in [0.5, 0.6) is 0 Å². The van der Waals surface area contributed by atoms with Crippen molar-refractivity contribution < 1.29 is 9.14 Å². The number of pyridine rings is 1. The molecule has 0 bridgehead atoms. The molecule has 0 N–H and O–H groups in total. The third-order valence-electron chi connectivity index (χ3n) is 10.6. The summed E-state index contributed by atoms with van der Waals surface area (Å²) in [5.74, 6) is 1.85. The van der Waals surface area contributed by atoms with Crippen LogP contribution >= 0.6 is 11.3 Å². The van der Waals surface area contributed by atoms with E-state index in [2.05, 4.69) is 150 Å². The van der Waals surface area contributed by atoms with Crippen molar-refractivity contribution in [2.45, 2.75) is 98.4 Å². The number of para-hydroxylation sites is 1. The molecule has 1 unspecified atom stereocenters. The lowest BCUT2D eigenvalue weighted by molar-refractivity contribution is -0.955. The van der Waals surface area contributed by atoms with E-state index in [4.69, 9.17) is 0 Å². The maximum absolute atomic E-state index is 2.76. The number of hydrogen-bond donors (Lipinski definition) is 0. The zero-order valence-corrected chi connectivity index (χ0v) is 28.7. The molecule has 1 atom stereocenters. The second kappa shape index (κ2) is 9.03. The molecule has 0 saturated carbocycles. The van der Waals surface area contributed by atoms with E-state index in [0.29, 0.717) is 23.9 Å². The summed E-state index contributed by atoms with van der Waals surface area (Å²) < 4.78 is 6.89. The quantitative estimate of drug-likeness (QED) is 0.187. The number of benzene rings is 3. The minimum atomic E-state index is -0.430. The molecule has 8 rings (SSSR count). The van der Waals surface area contributed by atoms with Gasteiger partial charge in [0.15, 0.2) is 0 Å². The molecular weight excluding hydrogens is 555 g/mol. The molecule has 3 aromatic carbocycles. The Morgan fingerprint density at radius 3 is 2.05 bits per heavy atom. The molecule has 2 aromatic heterocycles. The largest absolute Gasteiger partial charge is 0.479 e. The van der Waals surface area contributed by atoms with Gasteiger partial charge in [0.25, 0.3) is 5.84 Å². The van der Waals surface area contributed by atoms with E-state index >= 15 is 0 Å². The Morgan fingerprint density at radius 1 is 0.727 bits per heavy atom. The molecule has 2 aliphatic heterocycles. The van der Waals surface area contributed by atoms with Gasteiger partial charge in [-0.3, -0.25) is 0 Å². The standard InChI is InChI=1S/C40H45N3S/c1-22(2)28-21-32-34-30(20-19-29-35(34)37-36(39(29,9)10)27-16-12-14-18-33(27)44-37)40(43(32)31-17-13-11-15-26(28)31)41(24(5)6)38(23(3)4)42(40)25(7)8/h11-25H,1-10H3/q+2. The van der Waals surface area contributed by atoms with Crippen LogP contribution in [-0.2, 0) is 11.2 Å². The summed E-state index contributed by atoms with van der Waals surface area (Å²) in [4.78, 5) is 4.22. The Kier molecular flexibility index (Phi) is 5.75. The molecule has 0 radical (unpaired) electrons. The van der Waals surface area contributed by atoms with E-state index in [1.807, 2.05) is 11.3 Å². The summed E-state index contributed by atoms with van der Waals surface area (Å²) in [7, 11) is 0. The third-order valence-corrected chi connectivity index (χ3v) is 11.8. The molecule has 1 aliphatic carbocycles. The molecule has 3 nitrogen and oxygen atoms in total. The average molecular weight is 600 g/mol. The molecule has 5 aromatic rings. The van der Waals surface area contributed by atoms with Gasteiger partial charge >= 0.3 is 5.79 Å². The number of aromatic nitrogens is 1. The number of fused-ring (bicyclic) bond motifs is 13. The van der Waals surface area contributed by atoms with Crippen LogP contribution in [0.15, 0.2) is 66.7 Å². The van der Waals surface area contributed by atoms with Gasteiger partial charge in [0.1, 0.15) is 17.6 Å². The fraction of sp³-hybridized carbons (Fsp3) is 0.400. The highest BCUT2D eigenvalue weighted by Crippen LogP contribution is 2.61. The molecule has 224 valence electrons. The average Bonchev–Trinajstić information content (AvgIpc) is 3.56. The Bertz CT molecular complexity index is 2070. The molecule has 0 amide bonds. The maximum Gasteiger partial charge on any atom is 0.479 e. The van der Waals surface area contributed by atoms with Gasteiger partial charge in [-0.15, -0.1) is 15.9 Å². The summed E-state index contributed by atoms with van der Waals surface area (Å²) in [6.07, 6.45) is 0. The molecular formula is C40H45N3S+2. The van der Waals surface area contributed by atoms with Gasteiger partial charge in [0.2, 0.25) is 11.2 Å². The van der Waals surface area contributed by atoms with E-state index in [0.717, 1.165) is 0 Å². The number of nitrogens with zero attached hydrogens (tertiary/aromatic N) is 3.